The summed E-state index contributed by atoms with van der Waals surface area (Å²) in [4.78, 5) is 18.9. The van der Waals surface area contributed by atoms with Crippen LogP contribution < -0.4 is 0 Å². The highest BCUT2D eigenvalue weighted by Gasteiger charge is 2.31. The second-order valence-corrected chi connectivity index (χ2v) is 5.66. The molecular formula is C15H16N2OS. The molecule has 2 aromatic heterocycles. The first-order chi connectivity index (χ1) is 9.25. The largest absolute Gasteiger partial charge is 0.330 e. The number of nitrogens with zero attached hydrogens (tertiary/aromatic N) is 2. The predicted molar refractivity (Wildman–Crippen MR) is 76.3 cm³/mol. The molecular weight excluding hydrogens is 256 g/mol. The highest BCUT2D eigenvalue weighted by Crippen LogP contribution is 2.33. The van der Waals surface area contributed by atoms with Gasteiger partial charge in [-0.05, 0) is 54.3 Å². The molecule has 3 rings (SSSR count). The Morgan fingerprint density at radius 1 is 1.42 bits per heavy atom. The van der Waals surface area contributed by atoms with E-state index in [0.717, 1.165) is 25.1 Å². The molecule has 0 radical (unpaired) electrons. The minimum Gasteiger partial charge on any atom is -0.330 e. The lowest BCUT2D eigenvalue weighted by atomic mass is 10.1. The Morgan fingerprint density at radius 2 is 2.32 bits per heavy atom. The number of amides is 1. The predicted octanol–water partition coefficient (Wildman–Crippen LogP) is 3.43. The molecule has 0 bridgehead atoms. The van der Waals surface area contributed by atoms with Crippen molar-refractivity contribution in [3.8, 4) is 0 Å². The fourth-order valence-electron chi connectivity index (χ4n) is 2.63. The fraction of sp³-hybridized carbons (Fsp3) is 0.333. The first-order valence-electron chi connectivity index (χ1n) is 6.52. The molecule has 1 atom stereocenters. The summed E-state index contributed by atoms with van der Waals surface area (Å²) in [7, 11) is 0. The number of carbonyl (C=O) groups excluding carboxylic acids is 1. The second kappa shape index (κ2) is 5.13. The van der Waals surface area contributed by atoms with Crippen LogP contribution in [0.1, 0.15) is 40.6 Å². The van der Waals surface area contributed by atoms with Crippen LogP contribution in [0.5, 0.6) is 0 Å². The van der Waals surface area contributed by atoms with Gasteiger partial charge in [-0.3, -0.25) is 4.79 Å². The van der Waals surface area contributed by atoms with E-state index < -0.39 is 0 Å². The normalized spacial score (nSPS) is 18.8. The van der Waals surface area contributed by atoms with Gasteiger partial charge in [0.25, 0.3) is 5.91 Å². The van der Waals surface area contributed by atoms with E-state index in [1.165, 1.54) is 5.56 Å². The number of likely N-dealkylation sites (tertiary alicyclic amines) is 1. The molecule has 19 heavy (non-hydrogen) atoms. The van der Waals surface area contributed by atoms with Crippen LogP contribution in [0.25, 0.3) is 0 Å². The summed E-state index contributed by atoms with van der Waals surface area (Å²) in [5.41, 5.74) is 2.70. The van der Waals surface area contributed by atoms with E-state index in [9.17, 15) is 4.79 Å². The number of thiophene rings is 1. The van der Waals surface area contributed by atoms with Crippen molar-refractivity contribution < 1.29 is 4.79 Å². The highest BCUT2D eigenvalue weighted by molar-refractivity contribution is 7.07. The van der Waals surface area contributed by atoms with Crippen LogP contribution >= 0.6 is 11.3 Å². The smallest absolute Gasteiger partial charge is 0.272 e. The van der Waals surface area contributed by atoms with Crippen molar-refractivity contribution in [2.45, 2.75) is 25.8 Å². The van der Waals surface area contributed by atoms with Crippen LogP contribution in [0.3, 0.4) is 0 Å². The topological polar surface area (TPSA) is 33.2 Å². The summed E-state index contributed by atoms with van der Waals surface area (Å²) in [6, 6.07) is 7.95. The molecule has 1 fully saturated rings. The van der Waals surface area contributed by atoms with Gasteiger partial charge < -0.3 is 4.90 Å². The molecule has 1 saturated heterocycles. The van der Waals surface area contributed by atoms with E-state index in [1.54, 1.807) is 17.4 Å². The molecule has 3 heterocycles. The van der Waals surface area contributed by atoms with Crippen molar-refractivity contribution in [3.05, 3.63) is 52.0 Å². The van der Waals surface area contributed by atoms with Crippen molar-refractivity contribution in [1.29, 1.82) is 0 Å². The number of hydrogen-bond acceptors (Lipinski definition) is 3. The Kier molecular flexibility index (Phi) is 3.34. The molecule has 0 aliphatic carbocycles. The van der Waals surface area contributed by atoms with Gasteiger partial charge in [0.05, 0.1) is 6.04 Å². The highest BCUT2D eigenvalue weighted by atomic mass is 32.1. The van der Waals surface area contributed by atoms with E-state index in [1.807, 2.05) is 24.0 Å². The molecule has 98 valence electrons. The molecule has 3 nitrogen and oxygen atoms in total. The molecule has 4 heteroatoms. The number of rotatable bonds is 2. The van der Waals surface area contributed by atoms with E-state index in [0.29, 0.717) is 5.69 Å². The second-order valence-electron chi connectivity index (χ2n) is 4.88. The Morgan fingerprint density at radius 3 is 3.05 bits per heavy atom. The maximum absolute atomic E-state index is 12.6. The lowest BCUT2D eigenvalue weighted by Crippen LogP contribution is -2.31. The zero-order valence-corrected chi connectivity index (χ0v) is 11.7. The molecule has 0 spiro atoms. The SMILES string of the molecule is Cc1cccc(C(=O)N2CCC[C@@H]2c2ccsc2)n1. The van der Waals surface area contributed by atoms with Gasteiger partial charge >= 0.3 is 0 Å². The number of aryl methyl sites for hydroxylation is 1. The van der Waals surface area contributed by atoms with Crippen LogP contribution in [-0.4, -0.2) is 22.3 Å². The van der Waals surface area contributed by atoms with Gasteiger partial charge in [-0.2, -0.15) is 11.3 Å². The molecule has 0 unspecified atom stereocenters. The molecule has 0 N–H and O–H groups in total. The van der Waals surface area contributed by atoms with Gasteiger partial charge in [0, 0.05) is 12.2 Å². The average Bonchev–Trinajstić information content (AvgIpc) is 3.08. The van der Waals surface area contributed by atoms with Gasteiger partial charge in [-0.25, -0.2) is 4.98 Å². The van der Waals surface area contributed by atoms with Gasteiger partial charge in [-0.15, -0.1) is 0 Å². The fourth-order valence-corrected chi connectivity index (χ4v) is 3.34. The van der Waals surface area contributed by atoms with Gasteiger partial charge in [0.15, 0.2) is 0 Å². The van der Waals surface area contributed by atoms with Gasteiger partial charge in [-0.1, -0.05) is 6.07 Å². The van der Waals surface area contributed by atoms with Gasteiger partial charge in [0.2, 0.25) is 0 Å². The maximum atomic E-state index is 12.6. The lowest BCUT2D eigenvalue weighted by molar-refractivity contribution is 0.0729. The third-order valence-corrected chi connectivity index (χ3v) is 4.25. The summed E-state index contributed by atoms with van der Waals surface area (Å²) in [6.07, 6.45) is 2.12. The summed E-state index contributed by atoms with van der Waals surface area (Å²) >= 11 is 1.68. The quantitative estimate of drug-likeness (QED) is 0.839. The lowest BCUT2D eigenvalue weighted by Gasteiger charge is -2.24. The molecule has 0 aromatic carbocycles. The van der Waals surface area contributed by atoms with E-state index in [2.05, 4.69) is 21.8 Å². The first-order valence-corrected chi connectivity index (χ1v) is 7.47. The van der Waals surface area contributed by atoms with Crippen LogP contribution in [0.2, 0.25) is 0 Å². The van der Waals surface area contributed by atoms with Gasteiger partial charge in [0.1, 0.15) is 5.69 Å². The minimum atomic E-state index is 0.0531. The van der Waals surface area contributed by atoms with Crippen molar-refractivity contribution in [2.75, 3.05) is 6.54 Å². The molecule has 0 saturated carbocycles. The Hall–Kier alpha value is -1.68. The van der Waals surface area contributed by atoms with E-state index in [-0.39, 0.29) is 11.9 Å². The van der Waals surface area contributed by atoms with E-state index in [4.69, 9.17) is 0 Å². The Labute approximate surface area is 116 Å². The number of pyridine rings is 1. The van der Waals surface area contributed by atoms with Crippen molar-refractivity contribution >= 4 is 17.2 Å². The average molecular weight is 272 g/mol. The monoisotopic (exact) mass is 272 g/mol. The minimum absolute atomic E-state index is 0.0531. The Balaban J connectivity index is 1.87. The number of carbonyl (C=O) groups is 1. The Bertz CT molecular complexity index is 580. The van der Waals surface area contributed by atoms with Crippen LogP contribution in [-0.2, 0) is 0 Å². The zero-order chi connectivity index (χ0) is 13.2. The number of aromatic nitrogens is 1. The summed E-state index contributed by atoms with van der Waals surface area (Å²) in [5.74, 6) is 0.0531. The number of hydrogen-bond donors (Lipinski definition) is 0. The van der Waals surface area contributed by atoms with Crippen LogP contribution in [0, 0.1) is 6.92 Å². The third kappa shape index (κ3) is 2.40. The van der Waals surface area contributed by atoms with Crippen molar-refractivity contribution in [1.82, 2.24) is 9.88 Å². The van der Waals surface area contributed by atoms with Crippen LogP contribution in [0.4, 0.5) is 0 Å². The first kappa shape index (κ1) is 12.4. The van der Waals surface area contributed by atoms with E-state index >= 15 is 0 Å². The standard InChI is InChI=1S/C15H16N2OS/c1-11-4-2-5-13(16-11)15(18)17-8-3-6-14(17)12-7-9-19-10-12/h2,4-5,7,9-10,14H,3,6,8H2,1H3/t14-/m1/s1. The van der Waals surface area contributed by atoms with Crippen molar-refractivity contribution in [2.24, 2.45) is 0 Å². The van der Waals surface area contributed by atoms with Crippen LogP contribution in [0.15, 0.2) is 35.0 Å². The molecule has 1 amide bonds. The maximum Gasteiger partial charge on any atom is 0.272 e. The summed E-state index contributed by atoms with van der Waals surface area (Å²) < 4.78 is 0. The third-order valence-electron chi connectivity index (χ3n) is 3.55. The summed E-state index contributed by atoms with van der Waals surface area (Å²) in [6.45, 7) is 2.74. The summed E-state index contributed by atoms with van der Waals surface area (Å²) in [5, 5.41) is 4.21. The molecule has 1 aliphatic heterocycles. The molecule has 2 aromatic rings. The zero-order valence-electron chi connectivity index (χ0n) is 10.9. The van der Waals surface area contributed by atoms with Crippen molar-refractivity contribution in [3.63, 3.8) is 0 Å². The molecule has 1 aliphatic rings.